The Morgan fingerprint density at radius 2 is 1.96 bits per heavy atom. The number of rotatable bonds is 2. The summed E-state index contributed by atoms with van der Waals surface area (Å²) in [7, 11) is 1.63. The van der Waals surface area contributed by atoms with Gasteiger partial charge in [-0.1, -0.05) is 0 Å². The molecule has 4 nitrogen and oxygen atoms in total. The van der Waals surface area contributed by atoms with Gasteiger partial charge in [0.2, 0.25) is 5.88 Å². The molecule has 0 atom stereocenters. The molecule has 120 valence electrons. The molecular formula is C20H18N2O2. The van der Waals surface area contributed by atoms with E-state index >= 15 is 0 Å². The Balaban J connectivity index is 1.69. The van der Waals surface area contributed by atoms with Crippen molar-refractivity contribution in [3.8, 4) is 17.3 Å². The lowest BCUT2D eigenvalue weighted by atomic mass is 10.2. The molecule has 1 N–H and O–H groups in total. The first-order valence-corrected chi connectivity index (χ1v) is 8.25. The molecule has 0 aliphatic carbocycles. The van der Waals surface area contributed by atoms with Crippen LogP contribution in [-0.2, 0) is 13.0 Å². The number of nitrogens with zero attached hydrogens (tertiary/aromatic N) is 2. The fourth-order valence-corrected chi connectivity index (χ4v) is 3.85. The zero-order chi connectivity index (χ0) is 16.3. The van der Waals surface area contributed by atoms with Gasteiger partial charge in [0.15, 0.2) is 0 Å². The van der Waals surface area contributed by atoms with Crippen molar-refractivity contribution < 1.29 is 9.84 Å². The van der Waals surface area contributed by atoms with Gasteiger partial charge in [-0.05, 0) is 55.3 Å². The van der Waals surface area contributed by atoms with E-state index in [0.29, 0.717) is 0 Å². The van der Waals surface area contributed by atoms with E-state index < -0.39 is 0 Å². The third-order valence-electron chi connectivity index (χ3n) is 5.06. The molecule has 0 fully saturated rings. The van der Waals surface area contributed by atoms with E-state index in [9.17, 15) is 5.11 Å². The Hall–Kier alpha value is -2.88. The first-order valence-electron chi connectivity index (χ1n) is 8.25. The van der Waals surface area contributed by atoms with E-state index in [1.165, 1.54) is 23.0 Å². The molecular weight excluding hydrogens is 300 g/mol. The summed E-state index contributed by atoms with van der Waals surface area (Å²) in [5, 5.41) is 13.7. The van der Waals surface area contributed by atoms with Crippen molar-refractivity contribution in [3.63, 3.8) is 0 Å². The molecule has 24 heavy (non-hydrogen) atoms. The standard InChI is InChI=1S/C20H18N2O2/c1-24-17-6-4-13-12-22(20(23)18(13)11-17)16-5-7-19-14(10-16)9-15-3-2-8-21(15)19/h4-7,9-12,23H,2-3,8H2,1H3. The normalized spacial score (nSPS) is 13.7. The van der Waals surface area contributed by atoms with Crippen molar-refractivity contribution in [2.45, 2.75) is 19.4 Å². The fourth-order valence-electron chi connectivity index (χ4n) is 3.85. The summed E-state index contributed by atoms with van der Waals surface area (Å²) in [4.78, 5) is 0. The predicted molar refractivity (Wildman–Crippen MR) is 95.3 cm³/mol. The molecule has 0 spiro atoms. The number of aryl methyl sites for hydroxylation is 2. The maximum Gasteiger partial charge on any atom is 0.203 e. The molecule has 0 saturated heterocycles. The molecule has 5 rings (SSSR count). The maximum atomic E-state index is 10.7. The Kier molecular flexibility index (Phi) is 2.71. The maximum absolute atomic E-state index is 10.7. The van der Waals surface area contributed by atoms with Crippen LogP contribution >= 0.6 is 0 Å². The molecule has 3 heterocycles. The molecule has 0 bridgehead atoms. The highest BCUT2D eigenvalue weighted by molar-refractivity contribution is 5.91. The smallest absolute Gasteiger partial charge is 0.203 e. The van der Waals surface area contributed by atoms with E-state index in [1.54, 1.807) is 7.11 Å². The number of ether oxygens (including phenoxy) is 1. The van der Waals surface area contributed by atoms with Crippen LogP contribution in [0.2, 0.25) is 0 Å². The van der Waals surface area contributed by atoms with Crippen molar-refractivity contribution in [2.75, 3.05) is 7.11 Å². The lowest BCUT2D eigenvalue weighted by Crippen LogP contribution is -1.93. The molecule has 0 saturated carbocycles. The van der Waals surface area contributed by atoms with Crippen LogP contribution in [0.25, 0.3) is 27.4 Å². The van der Waals surface area contributed by atoms with Crippen molar-refractivity contribution in [2.24, 2.45) is 0 Å². The number of hydrogen-bond donors (Lipinski definition) is 1. The molecule has 1 aliphatic rings. The van der Waals surface area contributed by atoms with Crippen LogP contribution in [0.3, 0.4) is 0 Å². The van der Waals surface area contributed by atoms with E-state index in [-0.39, 0.29) is 5.88 Å². The van der Waals surface area contributed by atoms with Crippen molar-refractivity contribution in [1.82, 2.24) is 9.13 Å². The van der Waals surface area contributed by atoms with Gasteiger partial charge in [-0.2, -0.15) is 0 Å². The second kappa shape index (κ2) is 4.81. The monoisotopic (exact) mass is 318 g/mol. The van der Waals surface area contributed by atoms with Crippen molar-refractivity contribution >= 4 is 21.7 Å². The summed E-state index contributed by atoms with van der Waals surface area (Å²) >= 11 is 0. The molecule has 0 amide bonds. The fraction of sp³-hybridized carbons (Fsp3) is 0.200. The second-order valence-electron chi connectivity index (χ2n) is 6.41. The number of aromatic hydroxyl groups is 1. The van der Waals surface area contributed by atoms with Crippen molar-refractivity contribution in [3.05, 3.63) is 54.4 Å². The van der Waals surface area contributed by atoms with Gasteiger partial charge in [0.1, 0.15) is 5.75 Å². The average Bonchev–Trinajstić information content (AvgIpc) is 3.27. The third kappa shape index (κ3) is 1.80. The van der Waals surface area contributed by atoms with Gasteiger partial charge < -0.3 is 14.4 Å². The van der Waals surface area contributed by atoms with Crippen molar-refractivity contribution in [1.29, 1.82) is 0 Å². The zero-order valence-electron chi connectivity index (χ0n) is 13.5. The molecule has 4 aromatic rings. The van der Waals surface area contributed by atoms with Crippen LogP contribution in [0.1, 0.15) is 12.1 Å². The Bertz CT molecular complexity index is 1090. The molecule has 1 aliphatic heterocycles. The van der Waals surface area contributed by atoms with Gasteiger partial charge >= 0.3 is 0 Å². The number of benzene rings is 2. The minimum Gasteiger partial charge on any atom is -0.497 e. The first-order chi connectivity index (χ1) is 11.7. The summed E-state index contributed by atoms with van der Waals surface area (Å²) in [6, 6.07) is 14.4. The van der Waals surface area contributed by atoms with E-state index in [1.807, 2.05) is 29.0 Å². The summed E-state index contributed by atoms with van der Waals surface area (Å²) < 4.78 is 9.50. The summed E-state index contributed by atoms with van der Waals surface area (Å²) in [5.41, 5.74) is 3.66. The second-order valence-corrected chi connectivity index (χ2v) is 6.41. The van der Waals surface area contributed by atoms with E-state index in [4.69, 9.17) is 4.74 Å². The lowest BCUT2D eigenvalue weighted by Gasteiger charge is -2.06. The highest BCUT2D eigenvalue weighted by Gasteiger charge is 2.16. The summed E-state index contributed by atoms with van der Waals surface area (Å²) in [5.74, 6) is 0.991. The topological polar surface area (TPSA) is 39.3 Å². The van der Waals surface area contributed by atoms with Crippen LogP contribution in [0, 0.1) is 0 Å². The van der Waals surface area contributed by atoms with Crippen LogP contribution < -0.4 is 4.74 Å². The minimum absolute atomic E-state index is 0.245. The Morgan fingerprint density at radius 1 is 1.04 bits per heavy atom. The number of fused-ring (bicyclic) bond motifs is 4. The average molecular weight is 318 g/mol. The molecule has 2 aromatic carbocycles. The lowest BCUT2D eigenvalue weighted by molar-refractivity contribution is 0.414. The van der Waals surface area contributed by atoms with Crippen LogP contribution in [0.4, 0.5) is 0 Å². The molecule has 0 unspecified atom stereocenters. The van der Waals surface area contributed by atoms with Gasteiger partial charge in [-0.15, -0.1) is 0 Å². The largest absolute Gasteiger partial charge is 0.497 e. The quantitative estimate of drug-likeness (QED) is 0.600. The number of methoxy groups -OCH3 is 1. The predicted octanol–water partition coefficient (Wildman–Crippen LogP) is 4.25. The Morgan fingerprint density at radius 3 is 2.83 bits per heavy atom. The van der Waals surface area contributed by atoms with Gasteiger partial charge in [-0.3, -0.25) is 4.57 Å². The number of hydrogen-bond acceptors (Lipinski definition) is 2. The van der Waals surface area contributed by atoms with E-state index in [0.717, 1.165) is 35.2 Å². The molecule has 4 heteroatoms. The summed E-state index contributed by atoms with van der Waals surface area (Å²) in [6.45, 7) is 1.11. The van der Waals surface area contributed by atoms with E-state index in [2.05, 4.69) is 28.8 Å². The Labute approximate surface area is 139 Å². The van der Waals surface area contributed by atoms with Crippen LogP contribution in [-0.4, -0.2) is 21.4 Å². The van der Waals surface area contributed by atoms with Gasteiger partial charge in [0.05, 0.1) is 7.11 Å². The highest BCUT2D eigenvalue weighted by atomic mass is 16.5. The summed E-state index contributed by atoms with van der Waals surface area (Å²) in [6.07, 6.45) is 4.36. The zero-order valence-corrected chi connectivity index (χ0v) is 13.5. The molecule has 0 radical (unpaired) electrons. The minimum atomic E-state index is 0.245. The van der Waals surface area contributed by atoms with Gasteiger partial charge in [-0.25, -0.2) is 0 Å². The van der Waals surface area contributed by atoms with Gasteiger partial charge in [0.25, 0.3) is 0 Å². The first kappa shape index (κ1) is 13.5. The van der Waals surface area contributed by atoms with Crippen LogP contribution in [0.5, 0.6) is 11.6 Å². The third-order valence-corrected chi connectivity index (χ3v) is 5.06. The number of aromatic nitrogens is 2. The SMILES string of the molecule is COc1ccc2cn(-c3ccc4c(c3)cc3n4CCC3)c(O)c2c1. The van der Waals surface area contributed by atoms with Crippen LogP contribution in [0.15, 0.2) is 48.7 Å². The molecule has 2 aromatic heterocycles. The highest BCUT2D eigenvalue weighted by Crippen LogP contribution is 2.34. The van der Waals surface area contributed by atoms with Gasteiger partial charge in [0, 0.05) is 45.8 Å².